The van der Waals surface area contributed by atoms with Gasteiger partial charge in [0.05, 0.1) is 6.54 Å². The van der Waals surface area contributed by atoms with Crippen LogP contribution in [0.2, 0.25) is 0 Å². The number of halogens is 1. The van der Waals surface area contributed by atoms with Gasteiger partial charge in [-0.25, -0.2) is 4.99 Å². The Morgan fingerprint density at radius 1 is 1.32 bits per heavy atom. The van der Waals surface area contributed by atoms with Crippen LogP contribution in [0.5, 0.6) is 0 Å². The maximum Gasteiger partial charge on any atom is 0.191 e. The van der Waals surface area contributed by atoms with Crippen molar-refractivity contribution >= 4 is 32.8 Å². The second-order valence-corrected chi connectivity index (χ2v) is 5.29. The lowest BCUT2D eigenvalue weighted by Crippen LogP contribution is -2.37. The van der Waals surface area contributed by atoms with Gasteiger partial charge in [-0.1, -0.05) is 15.9 Å². The first-order valence-corrected chi connectivity index (χ1v) is 7.25. The van der Waals surface area contributed by atoms with Crippen LogP contribution in [-0.2, 0) is 6.54 Å². The Hall–Kier alpha value is -1.49. The van der Waals surface area contributed by atoms with Crippen molar-refractivity contribution in [3.8, 4) is 0 Å². The first-order chi connectivity index (χ1) is 9.13. The van der Waals surface area contributed by atoms with Crippen LogP contribution < -0.4 is 5.73 Å². The maximum absolute atomic E-state index is 5.96. The molecule has 0 aliphatic heterocycles. The molecule has 0 saturated carbocycles. The number of nitrogens with one attached hydrogen (secondary N) is 1. The molecule has 2 aromatic rings. The van der Waals surface area contributed by atoms with E-state index in [4.69, 9.17) is 5.73 Å². The molecule has 0 aliphatic carbocycles. The van der Waals surface area contributed by atoms with Gasteiger partial charge in [0.25, 0.3) is 0 Å². The summed E-state index contributed by atoms with van der Waals surface area (Å²) in [7, 11) is 0. The second kappa shape index (κ2) is 6.10. The number of aromatic amines is 1. The molecule has 0 fully saturated rings. The van der Waals surface area contributed by atoms with E-state index in [1.165, 1.54) is 5.39 Å². The zero-order valence-corrected chi connectivity index (χ0v) is 12.9. The van der Waals surface area contributed by atoms with Gasteiger partial charge in [-0.05, 0) is 38.1 Å². The zero-order chi connectivity index (χ0) is 13.8. The topological polar surface area (TPSA) is 57.4 Å². The van der Waals surface area contributed by atoms with Gasteiger partial charge in [0.1, 0.15) is 0 Å². The average Bonchev–Trinajstić information content (AvgIpc) is 2.79. The van der Waals surface area contributed by atoms with Crippen LogP contribution in [0, 0.1) is 0 Å². The van der Waals surface area contributed by atoms with E-state index in [9.17, 15) is 0 Å². The van der Waals surface area contributed by atoms with Crippen LogP contribution in [0.1, 0.15) is 19.5 Å². The fourth-order valence-electron chi connectivity index (χ4n) is 2.06. The molecule has 0 radical (unpaired) electrons. The summed E-state index contributed by atoms with van der Waals surface area (Å²) in [5.41, 5.74) is 8.15. The van der Waals surface area contributed by atoms with Gasteiger partial charge < -0.3 is 15.6 Å². The van der Waals surface area contributed by atoms with E-state index < -0.39 is 0 Å². The van der Waals surface area contributed by atoms with Gasteiger partial charge in [0.2, 0.25) is 0 Å². The van der Waals surface area contributed by atoms with Gasteiger partial charge in [-0.15, -0.1) is 0 Å². The summed E-state index contributed by atoms with van der Waals surface area (Å²) >= 11 is 3.47. The van der Waals surface area contributed by atoms with Crippen molar-refractivity contribution in [2.75, 3.05) is 13.1 Å². The molecule has 0 atom stereocenters. The van der Waals surface area contributed by atoms with E-state index in [1.807, 2.05) is 11.0 Å². The highest BCUT2D eigenvalue weighted by Crippen LogP contribution is 2.20. The molecular formula is C14H19BrN4. The maximum atomic E-state index is 5.96. The molecule has 0 amide bonds. The molecule has 1 aromatic carbocycles. The van der Waals surface area contributed by atoms with Gasteiger partial charge >= 0.3 is 0 Å². The highest BCUT2D eigenvalue weighted by molar-refractivity contribution is 9.10. The minimum absolute atomic E-state index is 0.578. The molecular weight excluding hydrogens is 304 g/mol. The number of rotatable bonds is 4. The fraction of sp³-hybridized carbons (Fsp3) is 0.357. The van der Waals surface area contributed by atoms with Gasteiger partial charge in [0.15, 0.2) is 5.96 Å². The van der Waals surface area contributed by atoms with Gasteiger partial charge in [-0.2, -0.15) is 0 Å². The first kappa shape index (κ1) is 13.9. The third kappa shape index (κ3) is 3.29. The van der Waals surface area contributed by atoms with Crippen LogP contribution in [-0.4, -0.2) is 28.9 Å². The van der Waals surface area contributed by atoms with Crippen molar-refractivity contribution in [3.63, 3.8) is 0 Å². The number of guanidine groups is 1. The Morgan fingerprint density at radius 3 is 2.74 bits per heavy atom. The molecule has 3 N–H and O–H groups in total. The average molecular weight is 323 g/mol. The normalized spacial score (nSPS) is 12.1. The Labute approximate surface area is 121 Å². The number of aliphatic imine (C=N–C) groups is 1. The molecule has 0 aliphatic rings. The SMILES string of the molecule is CCN(CC)C(N)=NCc1cc2cc(Br)ccc2[nH]1. The van der Waals surface area contributed by atoms with Crippen molar-refractivity contribution < 1.29 is 0 Å². The monoisotopic (exact) mass is 322 g/mol. The third-order valence-electron chi connectivity index (χ3n) is 3.14. The lowest BCUT2D eigenvalue weighted by Gasteiger charge is -2.19. The number of hydrogen-bond acceptors (Lipinski definition) is 1. The van der Waals surface area contributed by atoms with Crippen LogP contribution in [0.3, 0.4) is 0 Å². The largest absolute Gasteiger partial charge is 0.370 e. The second-order valence-electron chi connectivity index (χ2n) is 4.37. The molecule has 4 nitrogen and oxygen atoms in total. The van der Waals surface area contributed by atoms with Crippen LogP contribution in [0.15, 0.2) is 33.7 Å². The Bertz CT molecular complexity index is 584. The van der Waals surface area contributed by atoms with E-state index in [0.717, 1.165) is 28.8 Å². The minimum atomic E-state index is 0.578. The van der Waals surface area contributed by atoms with Gasteiger partial charge in [-0.3, -0.25) is 0 Å². The summed E-state index contributed by atoms with van der Waals surface area (Å²) in [6.07, 6.45) is 0. The van der Waals surface area contributed by atoms with E-state index in [0.29, 0.717) is 12.5 Å². The number of H-pyrrole nitrogens is 1. The molecule has 0 unspecified atom stereocenters. The molecule has 5 heteroatoms. The van der Waals surface area contributed by atoms with Crippen molar-refractivity contribution in [2.45, 2.75) is 20.4 Å². The molecule has 0 spiro atoms. The predicted octanol–water partition coefficient (Wildman–Crippen LogP) is 3.09. The van der Waals surface area contributed by atoms with E-state index in [1.54, 1.807) is 0 Å². The van der Waals surface area contributed by atoms with Crippen LogP contribution in [0.4, 0.5) is 0 Å². The molecule has 1 aromatic heterocycles. The van der Waals surface area contributed by atoms with E-state index in [-0.39, 0.29) is 0 Å². The number of aromatic nitrogens is 1. The zero-order valence-electron chi connectivity index (χ0n) is 11.3. The molecule has 19 heavy (non-hydrogen) atoms. The summed E-state index contributed by atoms with van der Waals surface area (Å²) in [5.74, 6) is 0.602. The smallest absolute Gasteiger partial charge is 0.191 e. The van der Waals surface area contributed by atoms with E-state index in [2.05, 4.69) is 58.0 Å². The van der Waals surface area contributed by atoms with Crippen molar-refractivity contribution in [1.29, 1.82) is 0 Å². The summed E-state index contributed by atoms with van der Waals surface area (Å²) in [5, 5.41) is 1.18. The Morgan fingerprint density at radius 2 is 2.05 bits per heavy atom. The lowest BCUT2D eigenvalue weighted by molar-refractivity contribution is 0.458. The standard InChI is InChI=1S/C14H19BrN4/c1-3-19(4-2)14(16)17-9-12-8-10-7-11(15)5-6-13(10)18-12/h5-8,18H,3-4,9H2,1-2H3,(H2,16,17). The summed E-state index contributed by atoms with van der Waals surface area (Å²) < 4.78 is 1.08. The number of benzene rings is 1. The van der Waals surface area contributed by atoms with Crippen molar-refractivity contribution in [2.24, 2.45) is 10.7 Å². The molecule has 102 valence electrons. The molecule has 0 bridgehead atoms. The summed E-state index contributed by atoms with van der Waals surface area (Å²) in [6, 6.07) is 8.28. The predicted molar refractivity (Wildman–Crippen MR) is 84.2 cm³/mol. The number of fused-ring (bicyclic) bond motifs is 1. The van der Waals surface area contributed by atoms with E-state index >= 15 is 0 Å². The summed E-state index contributed by atoms with van der Waals surface area (Å²) in [6.45, 7) is 6.49. The third-order valence-corrected chi connectivity index (χ3v) is 3.63. The number of nitrogens with two attached hydrogens (primary N) is 1. The van der Waals surface area contributed by atoms with Gasteiger partial charge in [0, 0.05) is 34.2 Å². The minimum Gasteiger partial charge on any atom is -0.370 e. The highest BCUT2D eigenvalue weighted by Gasteiger charge is 2.04. The Balaban J connectivity index is 2.15. The van der Waals surface area contributed by atoms with Crippen molar-refractivity contribution in [1.82, 2.24) is 9.88 Å². The molecule has 2 rings (SSSR count). The fourth-order valence-corrected chi connectivity index (χ4v) is 2.44. The Kier molecular flexibility index (Phi) is 4.47. The molecule has 0 saturated heterocycles. The lowest BCUT2D eigenvalue weighted by atomic mass is 10.2. The number of nitrogens with zero attached hydrogens (tertiary/aromatic N) is 2. The highest BCUT2D eigenvalue weighted by atomic mass is 79.9. The van der Waals surface area contributed by atoms with Crippen molar-refractivity contribution in [3.05, 3.63) is 34.4 Å². The quantitative estimate of drug-likeness (QED) is 0.671. The van der Waals surface area contributed by atoms with Crippen LogP contribution >= 0.6 is 15.9 Å². The molecule has 1 heterocycles. The first-order valence-electron chi connectivity index (χ1n) is 6.46. The van der Waals surface area contributed by atoms with Crippen LogP contribution in [0.25, 0.3) is 10.9 Å². The number of hydrogen-bond donors (Lipinski definition) is 2. The summed E-state index contributed by atoms with van der Waals surface area (Å²) in [4.78, 5) is 9.82.